The summed E-state index contributed by atoms with van der Waals surface area (Å²) >= 11 is 7.38. The Labute approximate surface area is 233 Å². The van der Waals surface area contributed by atoms with Crippen molar-refractivity contribution in [2.24, 2.45) is 5.10 Å². The minimum absolute atomic E-state index is 0.0387. The van der Waals surface area contributed by atoms with Crippen LogP contribution in [0.3, 0.4) is 0 Å². The SMILES string of the molecule is CCOC(=O)C1=C(C)NC(=S)N[C@H]1c1ccccc1OCC(=O)NN=Cc1ccc(OCC#N)c(I)c1. The molecule has 0 fully saturated rings. The summed E-state index contributed by atoms with van der Waals surface area (Å²) in [5.74, 6) is 0.0473. The van der Waals surface area contributed by atoms with Crippen molar-refractivity contribution in [2.45, 2.75) is 19.9 Å². The molecule has 3 N–H and O–H groups in total. The third-order valence-corrected chi connectivity index (χ3v) is 6.07. The van der Waals surface area contributed by atoms with Gasteiger partial charge in [0.25, 0.3) is 5.91 Å². The second-order valence-corrected chi connectivity index (χ2v) is 9.12. The van der Waals surface area contributed by atoms with Gasteiger partial charge in [0.2, 0.25) is 0 Å². The highest BCUT2D eigenvalue weighted by Gasteiger charge is 2.32. The maximum absolute atomic E-state index is 12.7. The Morgan fingerprint density at radius 1 is 1.24 bits per heavy atom. The molecule has 0 radical (unpaired) electrons. The van der Waals surface area contributed by atoms with Gasteiger partial charge in [0, 0.05) is 11.3 Å². The van der Waals surface area contributed by atoms with E-state index in [1.54, 1.807) is 50.2 Å². The summed E-state index contributed by atoms with van der Waals surface area (Å²) in [6.45, 7) is 3.36. The molecule has 2 aromatic carbocycles. The number of allylic oxidation sites excluding steroid dienone is 1. The van der Waals surface area contributed by atoms with Crippen LogP contribution in [-0.4, -0.2) is 43.0 Å². The van der Waals surface area contributed by atoms with Crippen LogP contribution in [0.1, 0.15) is 31.0 Å². The molecule has 192 valence electrons. The van der Waals surface area contributed by atoms with Crippen molar-refractivity contribution in [3.8, 4) is 17.6 Å². The topological polar surface area (TPSA) is 134 Å². The molecule has 0 aliphatic carbocycles. The average Bonchev–Trinajstić information content (AvgIpc) is 2.87. The highest BCUT2D eigenvalue weighted by atomic mass is 127. The lowest BCUT2D eigenvalue weighted by molar-refractivity contribution is -0.139. The minimum atomic E-state index is -0.618. The zero-order valence-electron chi connectivity index (χ0n) is 20.0. The highest BCUT2D eigenvalue weighted by Crippen LogP contribution is 2.33. The molecule has 12 heteroatoms. The number of ether oxygens (including phenoxy) is 3. The molecule has 0 saturated heterocycles. The number of nitrogens with zero attached hydrogens (tertiary/aromatic N) is 2. The van der Waals surface area contributed by atoms with E-state index in [0.717, 1.165) is 9.13 Å². The fourth-order valence-electron chi connectivity index (χ4n) is 3.44. The van der Waals surface area contributed by atoms with E-state index in [1.807, 2.05) is 12.1 Å². The fourth-order valence-corrected chi connectivity index (χ4v) is 4.40. The Hall–Kier alpha value is -3.70. The fraction of sp³-hybridized carbons (Fsp3) is 0.240. The summed E-state index contributed by atoms with van der Waals surface area (Å²) in [5.41, 5.74) is 4.74. The summed E-state index contributed by atoms with van der Waals surface area (Å²) < 4.78 is 17.1. The van der Waals surface area contributed by atoms with Crippen molar-refractivity contribution in [2.75, 3.05) is 19.8 Å². The summed E-state index contributed by atoms with van der Waals surface area (Å²) in [4.78, 5) is 25.0. The molecule has 0 aromatic heterocycles. The maximum Gasteiger partial charge on any atom is 0.338 e. The number of carbonyl (C=O) groups is 2. The molecule has 0 saturated carbocycles. The third-order valence-electron chi connectivity index (χ3n) is 5.00. The van der Waals surface area contributed by atoms with E-state index in [1.165, 1.54) is 6.21 Å². The lowest BCUT2D eigenvalue weighted by Crippen LogP contribution is -2.45. The van der Waals surface area contributed by atoms with Crippen molar-refractivity contribution in [1.82, 2.24) is 16.1 Å². The normalized spacial score (nSPS) is 14.9. The van der Waals surface area contributed by atoms with Gasteiger partial charge in [-0.25, -0.2) is 10.2 Å². The molecule has 1 aliphatic rings. The van der Waals surface area contributed by atoms with Gasteiger partial charge in [0.15, 0.2) is 18.3 Å². The molecule has 0 spiro atoms. The molecule has 1 aliphatic heterocycles. The quantitative estimate of drug-likeness (QED) is 0.119. The first-order valence-corrected chi connectivity index (χ1v) is 12.6. The number of rotatable bonds is 10. The Bertz CT molecular complexity index is 1290. The maximum atomic E-state index is 12.7. The van der Waals surface area contributed by atoms with Crippen LogP contribution in [0, 0.1) is 14.9 Å². The monoisotopic (exact) mass is 633 g/mol. The zero-order valence-corrected chi connectivity index (χ0v) is 23.0. The van der Waals surface area contributed by atoms with Crippen LogP contribution < -0.4 is 25.5 Å². The van der Waals surface area contributed by atoms with E-state index >= 15 is 0 Å². The van der Waals surface area contributed by atoms with E-state index < -0.39 is 17.9 Å². The highest BCUT2D eigenvalue weighted by molar-refractivity contribution is 14.1. The number of nitrogens with one attached hydrogen (secondary N) is 3. The first-order chi connectivity index (χ1) is 17.8. The summed E-state index contributed by atoms with van der Waals surface area (Å²) in [6, 6.07) is 13.6. The van der Waals surface area contributed by atoms with Crippen LogP contribution in [-0.2, 0) is 14.3 Å². The zero-order chi connectivity index (χ0) is 26.8. The molecule has 1 heterocycles. The summed E-state index contributed by atoms with van der Waals surface area (Å²) in [5, 5.41) is 19.0. The molecule has 0 unspecified atom stereocenters. The Kier molecular flexibility index (Phi) is 10.2. The Morgan fingerprint density at radius 3 is 2.76 bits per heavy atom. The largest absolute Gasteiger partial charge is 0.483 e. The molecule has 37 heavy (non-hydrogen) atoms. The third kappa shape index (κ3) is 7.64. The van der Waals surface area contributed by atoms with E-state index in [2.05, 4.69) is 43.8 Å². The predicted octanol–water partition coefficient (Wildman–Crippen LogP) is 3.08. The minimum Gasteiger partial charge on any atom is -0.483 e. The summed E-state index contributed by atoms with van der Waals surface area (Å²) in [7, 11) is 0. The molecule has 10 nitrogen and oxygen atoms in total. The van der Waals surface area contributed by atoms with E-state index in [4.69, 9.17) is 31.7 Å². The predicted molar refractivity (Wildman–Crippen MR) is 149 cm³/mol. The van der Waals surface area contributed by atoms with Crippen molar-refractivity contribution in [3.63, 3.8) is 0 Å². The molecule has 1 amide bonds. The number of carbonyl (C=O) groups excluding carboxylic acids is 2. The van der Waals surface area contributed by atoms with Crippen molar-refractivity contribution in [1.29, 1.82) is 5.26 Å². The van der Waals surface area contributed by atoms with Gasteiger partial charge in [-0.05, 0) is 78.5 Å². The van der Waals surface area contributed by atoms with E-state index in [0.29, 0.717) is 33.4 Å². The van der Waals surface area contributed by atoms with Gasteiger partial charge in [-0.3, -0.25) is 4.79 Å². The number of halogens is 1. The number of hydrogen-bond donors (Lipinski definition) is 3. The summed E-state index contributed by atoms with van der Waals surface area (Å²) in [6.07, 6.45) is 1.49. The van der Waals surface area contributed by atoms with Crippen LogP contribution >= 0.6 is 34.8 Å². The van der Waals surface area contributed by atoms with Crippen molar-refractivity contribution < 1.29 is 23.8 Å². The number of benzene rings is 2. The molecule has 1 atom stereocenters. The van der Waals surface area contributed by atoms with E-state index in [9.17, 15) is 9.59 Å². The van der Waals surface area contributed by atoms with Gasteiger partial charge in [-0.15, -0.1) is 0 Å². The van der Waals surface area contributed by atoms with Gasteiger partial charge in [0.05, 0.1) is 28.0 Å². The second kappa shape index (κ2) is 13.6. The molecular formula is C25H24IN5O5S. The van der Waals surface area contributed by atoms with Gasteiger partial charge >= 0.3 is 5.97 Å². The Morgan fingerprint density at radius 2 is 2.03 bits per heavy atom. The van der Waals surface area contributed by atoms with Gasteiger partial charge in [0.1, 0.15) is 17.6 Å². The lowest BCUT2D eigenvalue weighted by Gasteiger charge is -2.30. The van der Waals surface area contributed by atoms with Crippen LogP contribution in [0.4, 0.5) is 0 Å². The van der Waals surface area contributed by atoms with Gasteiger partial charge in [-0.2, -0.15) is 10.4 Å². The molecular weight excluding hydrogens is 609 g/mol. The van der Waals surface area contributed by atoms with Crippen LogP contribution in [0.25, 0.3) is 0 Å². The Balaban J connectivity index is 1.66. The van der Waals surface area contributed by atoms with Gasteiger partial charge < -0.3 is 24.8 Å². The molecule has 0 bridgehead atoms. The first-order valence-electron chi connectivity index (χ1n) is 11.1. The standard InChI is InChI=1S/C25H24IN5O5S/c1-3-34-24(33)22-15(2)29-25(37)30-23(22)17-6-4-5-7-19(17)36-14-21(32)31-28-13-16-8-9-20(18(26)12-16)35-11-10-27/h4-9,12-13,23H,3,11,14H2,1-2H3,(H,31,32)(H2,29,30,37)/t23-/m0/s1. The van der Waals surface area contributed by atoms with Crippen LogP contribution in [0.15, 0.2) is 58.8 Å². The number of hydrogen-bond acceptors (Lipinski definition) is 8. The smallest absolute Gasteiger partial charge is 0.338 e. The average molecular weight is 633 g/mol. The number of nitriles is 1. The second-order valence-electron chi connectivity index (χ2n) is 7.55. The van der Waals surface area contributed by atoms with Crippen LogP contribution in [0.5, 0.6) is 11.5 Å². The number of hydrazone groups is 1. The van der Waals surface area contributed by atoms with Crippen molar-refractivity contribution >= 4 is 58.0 Å². The number of thiocarbonyl (C=S) groups is 1. The number of esters is 1. The number of para-hydroxylation sites is 1. The van der Waals surface area contributed by atoms with E-state index in [-0.39, 0.29) is 19.8 Å². The number of amides is 1. The van der Waals surface area contributed by atoms with Crippen LogP contribution in [0.2, 0.25) is 0 Å². The lowest BCUT2D eigenvalue weighted by atomic mass is 9.95. The first kappa shape index (κ1) is 27.9. The van der Waals surface area contributed by atoms with Crippen molar-refractivity contribution in [3.05, 3.63) is 68.4 Å². The van der Waals surface area contributed by atoms with Gasteiger partial charge in [-0.1, -0.05) is 18.2 Å². The molecule has 2 aromatic rings. The molecule has 3 rings (SSSR count).